The number of nitrogens with one attached hydrogen (secondary N) is 1. The number of carbonyl (C=O) groups excluding carboxylic acids is 1. The number of aromatic nitrogens is 2. The highest BCUT2D eigenvalue weighted by molar-refractivity contribution is 9.10. The zero-order chi connectivity index (χ0) is 14.7. The second kappa shape index (κ2) is 4.83. The van der Waals surface area contributed by atoms with Crippen LogP contribution >= 0.6 is 15.9 Å². The predicted octanol–water partition coefficient (Wildman–Crippen LogP) is 3.05. The van der Waals surface area contributed by atoms with Crippen molar-refractivity contribution in [2.45, 2.75) is 45.1 Å². The minimum absolute atomic E-state index is 0.0300. The van der Waals surface area contributed by atoms with Gasteiger partial charge in [0.05, 0.1) is 10.2 Å². The van der Waals surface area contributed by atoms with Crippen molar-refractivity contribution in [1.29, 1.82) is 0 Å². The quantitative estimate of drug-likeness (QED) is 0.889. The zero-order valence-electron chi connectivity index (χ0n) is 12.6. The van der Waals surface area contributed by atoms with Gasteiger partial charge < -0.3 is 5.32 Å². The van der Waals surface area contributed by atoms with Gasteiger partial charge in [0.15, 0.2) is 0 Å². The Balaban J connectivity index is 1.55. The van der Waals surface area contributed by atoms with Gasteiger partial charge in [0.2, 0.25) is 0 Å². The van der Waals surface area contributed by atoms with E-state index in [0.29, 0.717) is 23.6 Å². The molecule has 0 radical (unpaired) electrons. The summed E-state index contributed by atoms with van der Waals surface area (Å²) in [6.07, 6.45) is 6.74. The molecule has 4 fully saturated rings. The van der Waals surface area contributed by atoms with E-state index in [4.69, 9.17) is 0 Å². The maximum atomic E-state index is 12.7. The van der Waals surface area contributed by atoms with Crippen LogP contribution in [0.1, 0.15) is 48.3 Å². The van der Waals surface area contributed by atoms with Gasteiger partial charge in [-0.3, -0.25) is 9.48 Å². The number of nitrogens with zero attached hydrogens (tertiary/aromatic N) is 2. The van der Waals surface area contributed by atoms with Gasteiger partial charge in [-0.05, 0) is 78.6 Å². The molecule has 0 aliphatic heterocycles. The van der Waals surface area contributed by atoms with E-state index in [0.717, 1.165) is 22.0 Å². The molecule has 0 saturated heterocycles. The van der Waals surface area contributed by atoms with Crippen LogP contribution in [0.4, 0.5) is 0 Å². The van der Waals surface area contributed by atoms with Crippen molar-refractivity contribution >= 4 is 21.8 Å². The molecule has 1 aromatic heterocycles. The van der Waals surface area contributed by atoms with Crippen LogP contribution in [0, 0.1) is 30.6 Å². The van der Waals surface area contributed by atoms with Crippen LogP contribution in [0.15, 0.2) is 4.47 Å². The van der Waals surface area contributed by atoms with Gasteiger partial charge in [-0.25, -0.2) is 0 Å². The number of hydrogen-bond acceptors (Lipinski definition) is 2. The maximum Gasteiger partial charge on any atom is 0.270 e. The van der Waals surface area contributed by atoms with Crippen molar-refractivity contribution in [2.75, 3.05) is 0 Å². The van der Waals surface area contributed by atoms with Gasteiger partial charge in [-0.2, -0.15) is 5.10 Å². The first-order valence-electron chi connectivity index (χ1n) is 8.03. The first kappa shape index (κ1) is 13.8. The van der Waals surface area contributed by atoms with E-state index in [2.05, 4.69) is 26.3 Å². The highest BCUT2D eigenvalue weighted by atomic mass is 79.9. The molecule has 4 aliphatic rings. The molecule has 0 spiro atoms. The lowest BCUT2D eigenvalue weighted by Crippen LogP contribution is -2.56. The molecule has 5 rings (SSSR count). The lowest BCUT2D eigenvalue weighted by Gasteiger charge is -2.54. The van der Waals surface area contributed by atoms with Crippen molar-refractivity contribution in [1.82, 2.24) is 15.1 Å². The van der Waals surface area contributed by atoms with Gasteiger partial charge >= 0.3 is 0 Å². The van der Waals surface area contributed by atoms with Crippen LogP contribution in [0.3, 0.4) is 0 Å². The van der Waals surface area contributed by atoms with Crippen LogP contribution in [0.2, 0.25) is 0 Å². The van der Waals surface area contributed by atoms with Crippen molar-refractivity contribution < 1.29 is 4.79 Å². The molecular weight excluding hydrogens is 330 g/mol. The molecule has 5 heteroatoms. The maximum absolute atomic E-state index is 12.7. The second-order valence-corrected chi connectivity index (χ2v) is 8.09. The summed E-state index contributed by atoms with van der Waals surface area (Å²) in [4.78, 5) is 12.7. The highest BCUT2D eigenvalue weighted by Crippen LogP contribution is 2.53. The summed E-state index contributed by atoms with van der Waals surface area (Å²) < 4.78 is 2.51. The Bertz CT molecular complexity index is 567. The van der Waals surface area contributed by atoms with Gasteiger partial charge in [-0.1, -0.05) is 0 Å². The molecule has 0 aromatic carbocycles. The van der Waals surface area contributed by atoms with Gasteiger partial charge in [0.25, 0.3) is 5.91 Å². The molecule has 4 nitrogen and oxygen atoms in total. The molecule has 1 amide bonds. The van der Waals surface area contributed by atoms with Crippen LogP contribution in [-0.4, -0.2) is 21.7 Å². The molecule has 1 N–H and O–H groups in total. The fraction of sp³-hybridized carbons (Fsp3) is 0.750. The first-order chi connectivity index (χ1) is 10.0. The van der Waals surface area contributed by atoms with Crippen LogP contribution in [0.5, 0.6) is 0 Å². The van der Waals surface area contributed by atoms with E-state index >= 15 is 0 Å². The summed E-state index contributed by atoms with van der Waals surface area (Å²) in [7, 11) is 1.84. The van der Waals surface area contributed by atoms with E-state index in [1.54, 1.807) is 4.68 Å². The summed E-state index contributed by atoms with van der Waals surface area (Å²) in [5, 5.41) is 7.67. The number of amides is 1. The van der Waals surface area contributed by atoms with E-state index in [9.17, 15) is 4.79 Å². The first-order valence-corrected chi connectivity index (χ1v) is 8.82. The number of hydrogen-bond donors (Lipinski definition) is 1. The molecule has 4 bridgehead atoms. The molecule has 4 aliphatic carbocycles. The van der Waals surface area contributed by atoms with Crippen molar-refractivity contribution in [3.05, 3.63) is 15.9 Å². The third kappa shape index (κ3) is 2.16. The number of aryl methyl sites for hydroxylation is 2. The summed E-state index contributed by atoms with van der Waals surface area (Å²) in [6, 6.07) is 0.382. The number of carbonyl (C=O) groups is 1. The monoisotopic (exact) mass is 351 g/mol. The molecule has 1 heterocycles. The van der Waals surface area contributed by atoms with Gasteiger partial charge in [-0.15, -0.1) is 0 Å². The summed E-state index contributed by atoms with van der Waals surface area (Å²) in [5.41, 5.74) is 1.52. The van der Waals surface area contributed by atoms with Crippen molar-refractivity contribution in [3.8, 4) is 0 Å². The molecule has 114 valence electrons. The average molecular weight is 352 g/mol. The largest absolute Gasteiger partial charge is 0.347 e. The minimum atomic E-state index is 0.0300. The van der Waals surface area contributed by atoms with Crippen LogP contribution in [-0.2, 0) is 7.05 Å². The smallest absolute Gasteiger partial charge is 0.270 e. The molecule has 0 atom stereocenters. The third-order valence-electron chi connectivity index (χ3n) is 5.89. The molecule has 0 unspecified atom stereocenters. The Morgan fingerprint density at radius 2 is 1.76 bits per heavy atom. The minimum Gasteiger partial charge on any atom is -0.347 e. The SMILES string of the molecule is Cc1nn(C)c(C(=O)NC2C3CC4CC(C3)CC2C4)c1Br. The van der Waals surface area contributed by atoms with Gasteiger partial charge in [0, 0.05) is 13.1 Å². The van der Waals surface area contributed by atoms with Crippen molar-refractivity contribution in [3.63, 3.8) is 0 Å². The Morgan fingerprint density at radius 1 is 1.19 bits per heavy atom. The van der Waals surface area contributed by atoms with E-state index in [1.165, 1.54) is 32.1 Å². The fourth-order valence-corrected chi connectivity index (χ4v) is 5.78. The Morgan fingerprint density at radius 3 is 2.24 bits per heavy atom. The van der Waals surface area contributed by atoms with Crippen molar-refractivity contribution in [2.24, 2.45) is 30.7 Å². The van der Waals surface area contributed by atoms with E-state index < -0.39 is 0 Å². The lowest BCUT2D eigenvalue weighted by molar-refractivity contribution is -0.0120. The number of halogens is 1. The third-order valence-corrected chi connectivity index (χ3v) is 6.84. The Hall–Kier alpha value is -0.840. The summed E-state index contributed by atoms with van der Waals surface area (Å²) in [5.74, 6) is 3.32. The number of rotatable bonds is 2. The topological polar surface area (TPSA) is 46.9 Å². The highest BCUT2D eigenvalue weighted by Gasteiger charge is 2.48. The Kier molecular flexibility index (Phi) is 3.18. The zero-order valence-corrected chi connectivity index (χ0v) is 14.2. The van der Waals surface area contributed by atoms with E-state index in [1.807, 2.05) is 14.0 Å². The fourth-order valence-electron chi connectivity index (χ4n) is 5.26. The van der Waals surface area contributed by atoms with E-state index in [-0.39, 0.29) is 5.91 Å². The normalized spacial score (nSPS) is 37.0. The summed E-state index contributed by atoms with van der Waals surface area (Å²) in [6.45, 7) is 1.92. The Labute approximate surface area is 133 Å². The lowest BCUT2D eigenvalue weighted by atomic mass is 9.54. The molecule has 1 aromatic rings. The van der Waals surface area contributed by atoms with Crippen LogP contribution < -0.4 is 5.32 Å². The van der Waals surface area contributed by atoms with Gasteiger partial charge in [0.1, 0.15) is 5.69 Å². The predicted molar refractivity (Wildman–Crippen MR) is 83.9 cm³/mol. The molecule has 21 heavy (non-hydrogen) atoms. The second-order valence-electron chi connectivity index (χ2n) is 7.30. The molecule has 4 saturated carbocycles. The standard InChI is InChI=1S/C16H22BrN3O/c1-8-13(17)15(20(2)19-8)16(21)18-14-11-4-9-3-10(6-11)7-12(14)5-9/h9-12,14H,3-7H2,1-2H3,(H,18,21). The summed E-state index contributed by atoms with van der Waals surface area (Å²) >= 11 is 3.50. The van der Waals surface area contributed by atoms with Crippen LogP contribution in [0.25, 0.3) is 0 Å². The molecular formula is C16H22BrN3O. The average Bonchev–Trinajstić information content (AvgIpc) is 2.66.